The summed E-state index contributed by atoms with van der Waals surface area (Å²) in [6.07, 6.45) is 2.73. The van der Waals surface area contributed by atoms with E-state index in [2.05, 4.69) is 4.72 Å². The highest BCUT2D eigenvalue weighted by Gasteiger charge is 2.14. The zero-order chi connectivity index (χ0) is 13.4. The standard InChI is InChI=1S/C12H18N2O3S/c1-2-3-7-10-13-18(16,17)14-12(15)11-8-5-4-6-9-11/h4-6,8-9,13H,2-3,7,10H2,1H3,(H,14,15). The van der Waals surface area contributed by atoms with Gasteiger partial charge in [-0.1, -0.05) is 38.0 Å². The molecule has 1 aromatic carbocycles. The number of hydrogen-bond donors (Lipinski definition) is 2. The Morgan fingerprint density at radius 3 is 2.44 bits per heavy atom. The van der Waals surface area contributed by atoms with E-state index in [0.29, 0.717) is 12.1 Å². The number of benzene rings is 1. The van der Waals surface area contributed by atoms with Crippen molar-refractivity contribution in [2.45, 2.75) is 26.2 Å². The Morgan fingerprint density at radius 2 is 1.83 bits per heavy atom. The average Bonchev–Trinajstić information content (AvgIpc) is 2.35. The third-order valence-corrected chi connectivity index (χ3v) is 3.37. The fourth-order valence-electron chi connectivity index (χ4n) is 1.39. The smallest absolute Gasteiger partial charge is 0.268 e. The van der Waals surface area contributed by atoms with Crippen molar-refractivity contribution < 1.29 is 13.2 Å². The molecule has 0 aliphatic heterocycles. The topological polar surface area (TPSA) is 75.3 Å². The first kappa shape index (κ1) is 14.7. The molecule has 0 saturated heterocycles. The molecule has 0 heterocycles. The van der Waals surface area contributed by atoms with Crippen LogP contribution in [0.1, 0.15) is 36.5 Å². The van der Waals surface area contributed by atoms with Crippen LogP contribution in [-0.2, 0) is 10.2 Å². The summed E-state index contributed by atoms with van der Waals surface area (Å²) >= 11 is 0. The molecule has 0 spiro atoms. The van der Waals surface area contributed by atoms with Crippen LogP contribution in [0.5, 0.6) is 0 Å². The minimum absolute atomic E-state index is 0.316. The van der Waals surface area contributed by atoms with Gasteiger partial charge >= 0.3 is 10.2 Å². The van der Waals surface area contributed by atoms with Crippen LogP contribution in [0.25, 0.3) is 0 Å². The molecule has 0 atom stereocenters. The number of carbonyl (C=O) groups is 1. The Labute approximate surface area is 108 Å². The molecule has 0 unspecified atom stereocenters. The van der Waals surface area contributed by atoms with E-state index in [1.54, 1.807) is 30.3 Å². The van der Waals surface area contributed by atoms with Crippen molar-refractivity contribution in [3.05, 3.63) is 35.9 Å². The fourth-order valence-corrected chi connectivity index (χ4v) is 2.24. The Bertz CT molecular complexity index is 471. The van der Waals surface area contributed by atoms with Gasteiger partial charge in [-0.25, -0.2) is 4.72 Å². The molecular weight excluding hydrogens is 252 g/mol. The molecule has 0 aliphatic rings. The first-order chi connectivity index (χ1) is 8.55. The number of rotatable bonds is 7. The highest BCUT2D eigenvalue weighted by atomic mass is 32.2. The lowest BCUT2D eigenvalue weighted by atomic mass is 10.2. The first-order valence-electron chi connectivity index (χ1n) is 5.92. The number of unbranched alkanes of at least 4 members (excludes halogenated alkanes) is 2. The minimum atomic E-state index is -3.76. The molecule has 1 aromatic rings. The average molecular weight is 270 g/mol. The molecule has 6 heteroatoms. The zero-order valence-corrected chi connectivity index (χ0v) is 11.2. The molecule has 0 saturated carbocycles. The van der Waals surface area contributed by atoms with Crippen molar-refractivity contribution in [2.75, 3.05) is 6.54 Å². The third-order valence-electron chi connectivity index (χ3n) is 2.34. The Morgan fingerprint density at radius 1 is 1.17 bits per heavy atom. The van der Waals surface area contributed by atoms with Crippen molar-refractivity contribution in [1.82, 2.24) is 9.44 Å². The van der Waals surface area contributed by atoms with Crippen molar-refractivity contribution in [3.8, 4) is 0 Å². The van der Waals surface area contributed by atoms with Gasteiger partial charge < -0.3 is 0 Å². The van der Waals surface area contributed by atoms with Gasteiger partial charge in [0.1, 0.15) is 0 Å². The van der Waals surface area contributed by atoms with E-state index >= 15 is 0 Å². The van der Waals surface area contributed by atoms with Crippen LogP contribution in [0.3, 0.4) is 0 Å². The number of nitrogens with one attached hydrogen (secondary N) is 2. The number of carbonyl (C=O) groups excluding carboxylic acids is 1. The van der Waals surface area contributed by atoms with Gasteiger partial charge in [-0.05, 0) is 18.6 Å². The van der Waals surface area contributed by atoms with E-state index < -0.39 is 16.1 Å². The van der Waals surface area contributed by atoms with E-state index in [9.17, 15) is 13.2 Å². The predicted octanol–water partition coefficient (Wildman–Crippen LogP) is 1.44. The van der Waals surface area contributed by atoms with Gasteiger partial charge in [0.25, 0.3) is 5.91 Å². The largest absolute Gasteiger partial charge is 0.301 e. The molecule has 1 rings (SSSR count). The van der Waals surface area contributed by atoms with Gasteiger partial charge in [0.05, 0.1) is 0 Å². The Balaban J connectivity index is 2.48. The van der Waals surface area contributed by atoms with Crippen molar-refractivity contribution >= 4 is 16.1 Å². The first-order valence-corrected chi connectivity index (χ1v) is 7.40. The molecule has 1 amide bonds. The van der Waals surface area contributed by atoms with Crippen molar-refractivity contribution in [3.63, 3.8) is 0 Å². The normalized spacial score (nSPS) is 11.2. The molecule has 0 aromatic heterocycles. The van der Waals surface area contributed by atoms with Crippen molar-refractivity contribution in [1.29, 1.82) is 0 Å². The van der Waals surface area contributed by atoms with E-state index in [4.69, 9.17) is 0 Å². The lowest BCUT2D eigenvalue weighted by molar-refractivity contribution is 0.0981. The Hall–Kier alpha value is -1.40. The van der Waals surface area contributed by atoms with Crippen LogP contribution < -0.4 is 9.44 Å². The summed E-state index contributed by atoms with van der Waals surface area (Å²) in [5.41, 5.74) is 0.316. The zero-order valence-electron chi connectivity index (χ0n) is 10.3. The maximum atomic E-state index is 11.6. The summed E-state index contributed by atoms with van der Waals surface area (Å²) < 4.78 is 27.4. The van der Waals surface area contributed by atoms with Gasteiger partial charge in [0.2, 0.25) is 0 Å². The summed E-state index contributed by atoms with van der Waals surface area (Å²) in [4.78, 5) is 11.6. The summed E-state index contributed by atoms with van der Waals surface area (Å²) in [6.45, 7) is 2.37. The molecule has 0 aliphatic carbocycles. The molecule has 0 fully saturated rings. The molecule has 0 bridgehead atoms. The van der Waals surface area contributed by atoms with Crippen molar-refractivity contribution in [2.24, 2.45) is 0 Å². The molecule has 2 N–H and O–H groups in total. The van der Waals surface area contributed by atoms with Crippen LogP contribution in [0.4, 0.5) is 0 Å². The van der Waals surface area contributed by atoms with Crippen LogP contribution in [0, 0.1) is 0 Å². The lowest BCUT2D eigenvalue weighted by Crippen LogP contribution is -2.40. The molecule has 5 nitrogen and oxygen atoms in total. The maximum absolute atomic E-state index is 11.6. The van der Waals surface area contributed by atoms with Gasteiger partial charge in [0, 0.05) is 12.1 Å². The summed E-state index contributed by atoms with van der Waals surface area (Å²) in [6, 6.07) is 8.23. The van der Waals surface area contributed by atoms with E-state index in [1.165, 1.54) is 0 Å². The highest BCUT2D eigenvalue weighted by molar-refractivity contribution is 7.88. The SMILES string of the molecule is CCCCCNS(=O)(=O)NC(=O)c1ccccc1. The van der Waals surface area contributed by atoms with Crippen LogP contribution in [-0.4, -0.2) is 20.9 Å². The lowest BCUT2D eigenvalue weighted by Gasteiger charge is -2.07. The van der Waals surface area contributed by atoms with Gasteiger partial charge in [-0.2, -0.15) is 13.1 Å². The second-order valence-electron chi connectivity index (χ2n) is 3.90. The maximum Gasteiger partial charge on any atom is 0.301 e. The van der Waals surface area contributed by atoms with Gasteiger partial charge in [-0.15, -0.1) is 0 Å². The highest BCUT2D eigenvalue weighted by Crippen LogP contribution is 1.98. The van der Waals surface area contributed by atoms with Crippen LogP contribution in [0.15, 0.2) is 30.3 Å². The molecule has 100 valence electrons. The second-order valence-corrected chi connectivity index (χ2v) is 5.40. The molecular formula is C12H18N2O3S. The van der Waals surface area contributed by atoms with Crippen LogP contribution >= 0.6 is 0 Å². The van der Waals surface area contributed by atoms with E-state index in [-0.39, 0.29) is 0 Å². The predicted molar refractivity (Wildman–Crippen MR) is 70.4 cm³/mol. The molecule has 0 radical (unpaired) electrons. The number of amides is 1. The fraction of sp³-hybridized carbons (Fsp3) is 0.417. The second kappa shape index (κ2) is 7.13. The van der Waals surface area contributed by atoms with E-state index in [0.717, 1.165) is 19.3 Å². The van der Waals surface area contributed by atoms with Gasteiger partial charge in [-0.3, -0.25) is 4.79 Å². The number of hydrogen-bond acceptors (Lipinski definition) is 3. The van der Waals surface area contributed by atoms with Crippen LogP contribution in [0.2, 0.25) is 0 Å². The Kier molecular flexibility index (Phi) is 5.80. The summed E-state index contributed by atoms with van der Waals surface area (Å²) in [5, 5.41) is 0. The summed E-state index contributed by atoms with van der Waals surface area (Å²) in [7, 11) is -3.76. The molecule has 18 heavy (non-hydrogen) atoms. The van der Waals surface area contributed by atoms with E-state index in [1.807, 2.05) is 11.6 Å². The quantitative estimate of drug-likeness (QED) is 0.736. The summed E-state index contributed by atoms with van der Waals surface area (Å²) in [5.74, 6) is -0.626. The minimum Gasteiger partial charge on any atom is -0.268 e. The third kappa shape index (κ3) is 5.29. The van der Waals surface area contributed by atoms with Gasteiger partial charge in [0.15, 0.2) is 0 Å². The monoisotopic (exact) mass is 270 g/mol.